The summed E-state index contributed by atoms with van der Waals surface area (Å²) in [6.45, 7) is 14.1. The number of hydrogen-bond acceptors (Lipinski definition) is 6. The van der Waals surface area contributed by atoms with Crippen molar-refractivity contribution in [1.82, 2.24) is 0 Å². The third-order valence-corrected chi connectivity index (χ3v) is 2.40. The number of carbonyl (C=O) groups excluding carboxylic acids is 2. The molecule has 0 N–H and O–H groups in total. The Hall–Kier alpha value is -1.79. The summed E-state index contributed by atoms with van der Waals surface area (Å²) in [6.07, 6.45) is 2.01. The van der Waals surface area contributed by atoms with E-state index in [0.29, 0.717) is 30.6 Å². The Morgan fingerprint density at radius 2 is 1.82 bits per heavy atom. The summed E-state index contributed by atoms with van der Waals surface area (Å²) in [5.74, 6) is -1.10. The molecule has 22 heavy (non-hydrogen) atoms. The van der Waals surface area contributed by atoms with Crippen molar-refractivity contribution in [2.24, 2.45) is 4.99 Å². The minimum absolute atomic E-state index is 0.117. The number of allylic oxidation sites excluding steroid dienone is 1. The van der Waals surface area contributed by atoms with Crippen LogP contribution < -0.4 is 0 Å². The number of hydrogen-bond donors (Lipinski definition) is 0. The molecule has 1 rings (SSSR count). The Morgan fingerprint density at radius 3 is 2.23 bits per heavy atom. The van der Waals surface area contributed by atoms with Crippen LogP contribution in [0, 0.1) is 0 Å². The van der Waals surface area contributed by atoms with Crippen LogP contribution in [0.4, 0.5) is 0 Å². The predicted octanol–water partition coefficient (Wildman–Crippen LogP) is 2.34. The van der Waals surface area contributed by atoms with E-state index in [0.717, 1.165) is 0 Å². The van der Waals surface area contributed by atoms with E-state index < -0.39 is 11.8 Å². The van der Waals surface area contributed by atoms with Gasteiger partial charge in [0.2, 0.25) is 0 Å². The van der Waals surface area contributed by atoms with Gasteiger partial charge in [-0.15, -0.1) is 13.2 Å². The second-order valence-corrected chi connectivity index (χ2v) is 4.20. The molecular formula is C16H27NO5. The molecule has 0 spiro atoms. The topological polar surface area (TPSA) is 74.2 Å². The normalized spacial score (nSPS) is 15.8. The number of ether oxygens (including phenoxy) is 3. The maximum atomic E-state index is 10.9. The average molecular weight is 313 g/mol. The van der Waals surface area contributed by atoms with Gasteiger partial charge >= 0.3 is 5.97 Å². The van der Waals surface area contributed by atoms with Crippen molar-refractivity contribution in [2.75, 3.05) is 26.9 Å². The molecule has 6 heteroatoms. The zero-order valence-electron chi connectivity index (χ0n) is 14.2. The highest BCUT2D eigenvalue weighted by Gasteiger charge is 2.26. The van der Waals surface area contributed by atoms with Gasteiger partial charge in [-0.3, -0.25) is 14.6 Å². The monoisotopic (exact) mass is 313 g/mol. The molecule has 6 nitrogen and oxygen atoms in total. The van der Waals surface area contributed by atoms with E-state index in [1.54, 1.807) is 13.8 Å². The quantitative estimate of drug-likeness (QED) is 0.262. The number of aliphatic imine (C=N–C) groups is 1. The first-order valence-electron chi connectivity index (χ1n) is 7.00. The Balaban J connectivity index is 0. The van der Waals surface area contributed by atoms with Gasteiger partial charge in [0, 0.05) is 11.8 Å². The molecule has 0 aromatic heterocycles. The summed E-state index contributed by atoms with van der Waals surface area (Å²) in [4.78, 5) is 25.6. The smallest absolute Gasteiger partial charge is 0.327 e. The lowest BCUT2D eigenvalue weighted by molar-refractivity contribution is -0.225. The molecule has 0 aromatic carbocycles. The Bertz CT molecular complexity index is 387. The van der Waals surface area contributed by atoms with Crippen molar-refractivity contribution in [3.63, 3.8) is 0 Å². The van der Waals surface area contributed by atoms with Crippen LogP contribution >= 0.6 is 0 Å². The number of esters is 1. The number of rotatable bonds is 4. The molecule has 0 amide bonds. The molecule has 1 fully saturated rings. The number of aldehydes is 1. The fraction of sp³-hybridized carbons (Fsp3) is 0.562. The lowest BCUT2D eigenvalue weighted by atomic mass is 10.1. The van der Waals surface area contributed by atoms with Crippen LogP contribution in [0.25, 0.3) is 0 Å². The summed E-state index contributed by atoms with van der Waals surface area (Å²) >= 11 is 0. The third-order valence-electron chi connectivity index (χ3n) is 2.40. The minimum atomic E-state index is -0.638. The van der Waals surface area contributed by atoms with Gasteiger partial charge in [-0.25, -0.2) is 0 Å². The average Bonchev–Trinajstić information content (AvgIpc) is 2.55. The lowest BCUT2D eigenvalue weighted by Gasteiger charge is -2.32. The molecule has 1 aliphatic heterocycles. The van der Waals surface area contributed by atoms with Crippen molar-refractivity contribution < 1.29 is 23.8 Å². The van der Waals surface area contributed by atoms with Gasteiger partial charge in [-0.1, -0.05) is 13.8 Å². The first-order valence-corrected chi connectivity index (χ1v) is 7.00. The summed E-state index contributed by atoms with van der Waals surface area (Å²) in [5, 5.41) is 0. The van der Waals surface area contributed by atoms with Crippen molar-refractivity contribution >= 4 is 18.5 Å². The van der Waals surface area contributed by atoms with Gasteiger partial charge < -0.3 is 14.2 Å². The van der Waals surface area contributed by atoms with Crippen molar-refractivity contribution in [1.29, 1.82) is 0 Å². The van der Waals surface area contributed by atoms with Gasteiger partial charge in [-0.05, 0) is 19.4 Å². The van der Waals surface area contributed by atoms with Crippen molar-refractivity contribution in [3.8, 4) is 0 Å². The summed E-state index contributed by atoms with van der Waals surface area (Å²) in [6, 6.07) is 0. The molecule has 1 saturated heterocycles. The molecule has 126 valence electrons. The van der Waals surface area contributed by atoms with E-state index >= 15 is 0 Å². The number of carbonyl (C=O) groups is 2. The molecule has 0 unspecified atom stereocenters. The van der Waals surface area contributed by atoms with Crippen LogP contribution in [0.15, 0.2) is 29.3 Å². The van der Waals surface area contributed by atoms with Crippen LogP contribution in [0.3, 0.4) is 0 Å². The maximum absolute atomic E-state index is 10.9. The highest BCUT2D eigenvalue weighted by atomic mass is 16.7. The molecular weight excluding hydrogens is 286 g/mol. The highest BCUT2D eigenvalue weighted by molar-refractivity contribution is 6.03. The predicted molar refractivity (Wildman–Crippen MR) is 87.1 cm³/mol. The van der Waals surface area contributed by atoms with E-state index in [1.807, 2.05) is 13.8 Å². The summed E-state index contributed by atoms with van der Waals surface area (Å²) < 4.78 is 15.3. The SMILES string of the molecule is C=C.CC.COC(=O)CN=CC(C=O)=C1COC(C)(C)OC1. The zero-order valence-corrected chi connectivity index (χ0v) is 14.2. The van der Waals surface area contributed by atoms with Gasteiger partial charge in [0.1, 0.15) is 6.54 Å². The van der Waals surface area contributed by atoms with E-state index in [2.05, 4.69) is 22.9 Å². The van der Waals surface area contributed by atoms with E-state index in [1.165, 1.54) is 13.3 Å². The second kappa shape index (κ2) is 12.9. The van der Waals surface area contributed by atoms with E-state index in [4.69, 9.17) is 9.47 Å². The maximum Gasteiger partial charge on any atom is 0.327 e. The standard InChI is InChI=1S/C12H17NO5.C2H6.C2H4/c1-12(2)17-7-10(8-18-12)9(6-14)4-13-5-11(15)16-3;2*1-2/h4,6H,5,7-8H2,1-3H3;1-2H3;1-2H2. The Morgan fingerprint density at radius 1 is 1.32 bits per heavy atom. The van der Waals surface area contributed by atoms with Gasteiger partial charge in [-0.2, -0.15) is 0 Å². The third kappa shape index (κ3) is 9.20. The number of methoxy groups -OCH3 is 1. The first-order chi connectivity index (χ1) is 10.5. The van der Waals surface area contributed by atoms with E-state index in [9.17, 15) is 9.59 Å². The molecule has 0 radical (unpaired) electrons. The molecule has 0 aromatic rings. The second-order valence-electron chi connectivity index (χ2n) is 4.20. The van der Waals surface area contributed by atoms with Gasteiger partial charge in [0.05, 0.1) is 20.3 Å². The van der Waals surface area contributed by atoms with Crippen LogP contribution in [0.2, 0.25) is 0 Å². The van der Waals surface area contributed by atoms with Crippen LogP contribution in [0.5, 0.6) is 0 Å². The summed E-state index contributed by atoms with van der Waals surface area (Å²) in [5.41, 5.74) is 1.08. The van der Waals surface area contributed by atoms with Crippen LogP contribution in [-0.2, 0) is 23.8 Å². The number of nitrogens with zero attached hydrogens (tertiary/aromatic N) is 1. The molecule has 1 aliphatic rings. The van der Waals surface area contributed by atoms with Crippen molar-refractivity contribution in [3.05, 3.63) is 24.3 Å². The minimum Gasteiger partial charge on any atom is -0.468 e. The van der Waals surface area contributed by atoms with Crippen molar-refractivity contribution in [2.45, 2.75) is 33.5 Å². The summed E-state index contributed by atoms with van der Waals surface area (Å²) in [7, 11) is 1.28. The fourth-order valence-electron chi connectivity index (χ4n) is 1.26. The molecule has 0 aliphatic carbocycles. The molecule has 1 heterocycles. The van der Waals surface area contributed by atoms with Gasteiger partial charge in [0.15, 0.2) is 12.1 Å². The molecule has 0 bridgehead atoms. The van der Waals surface area contributed by atoms with Gasteiger partial charge in [0.25, 0.3) is 0 Å². The molecule has 0 atom stereocenters. The van der Waals surface area contributed by atoms with E-state index in [-0.39, 0.29) is 6.54 Å². The fourth-order valence-corrected chi connectivity index (χ4v) is 1.26. The zero-order chi connectivity index (χ0) is 17.6. The lowest BCUT2D eigenvalue weighted by Crippen LogP contribution is -2.36. The molecule has 0 saturated carbocycles. The Kier molecular flexibility index (Phi) is 13.2. The first kappa shape index (κ1) is 22.5. The largest absolute Gasteiger partial charge is 0.468 e. The Labute approximate surface area is 132 Å². The van der Waals surface area contributed by atoms with Crippen LogP contribution in [-0.4, -0.2) is 51.1 Å². The highest BCUT2D eigenvalue weighted by Crippen LogP contribution is 2.21. The van der Waals surface area contributed by atoms with Crippen LogP contribution in [0.1, 0.15) is 27.7 Å².